The average Bonchev–Trinajstić information content (AvgIpc) is 3.18. The van der Waals surface area contributed by atoms with Crippen molar-refractivity contribution in [1.29, 1.82) is 0 Å². The van der Waals surface area contributed by atoms with Gasteiger partial charge in [-0.25, -0.2) is 18.0 Å². The Labute approximate surface area is 208 Å². The third-order valence-electron chi connectivity index (χ3n) is 5.86. The van der Waals surface area contributed by atoms with Crippen LogP contribution in [0.3, 0.4) is 0 Å². The average molecular weight is 687 g/mol. The number of hydrogen-bond acceptors (Lipinski definition) is 3. The van der Waals surface area contributed by atoms with E-state index in [0.29, 0.717) is 38.6 Å². The van der Waals surface area contributed by atoms with Crippen LogP contribution >= 0.6 is 11.6 Å². The summed E-state index contributed by atoms with van der Waals surface area (Å²) < 4.78 is 41.9. The minimum Gasteiger partial charge on any atom is -0.680 e. The molecule has 3 aliphatic rings. The first-order valence-corrected chi connectivity index (χ1v) is 10.1. The molecule has 3 amide bonds. The molecule has 2 bridgehead atoms. The van der Waals surface area contributed by atoms with Crippen LogP contribution in [-0.2, 0) is 4.79 Å². The second-order valence-electron chi connectivity index (χ2n) is 7.76. The van der Waals surface area contributed by atoms with Crippen molar-refractivity contribution in [2.45, 2.75) is 56.7 Å². The molecule has 2 saturated carbocycles. The van der Waals surface area contributed by atoms with Crippen LogP contribution in [0.15, 0.2) is 12.1 Å². The Hall–Kier alpha value is -0.788. The van der Waals surface area contributed by atoms with Gasteiger partial charge in [-0.05, 0) is 50.7 Å². The molecule has 2 aliphatic carbocycles. The molecule has 11 heteroatoms. The summed E-state index contributed by atoms with van der Waals surface area (Å²) in [6, 6.07) is 1.77. The van der Waals surface area contributed by atoms with Gasteiger partial charge in [-0.15, -0.1) is 0 Å². The number of halogens is 4. The number of carbonyl (C=O) groups excluding carboxylic acids is 2. The number of aliphatic hydroxyl groups is 1. The van der Waals surface area contributed by atoms with Crippen molar-refractivity contribution in [3.8, 4) is 0 Å². The first-order chi connectivity index (χ1) is 14.2. The van der Waals surface area contributed by atoms with Gasteiger partial charge in [-0.1, -0.05) is 11.6 Å². The first kappa shape index (κ1) is 28.2. The maximum atomic E-state index is 14.2. The molecular weight excluding hydrogens is 661 g/mol. The van der Waals surface area contributed by atoms with E-state index in [4.69, 9.17) is 17.3 Å². The molecule has 1 saturated heterocycles. The zero-order valence-corrected chi connectivity index (χ0v) is 22.1. The van der Waals surface area contributed by atoms with E-state index in [1.54, 1.807) is 0 Å². The minimum atomic E-state index is -1.34. The summed E-state index contributed by atoms with van der Waals surface area (Å²) in [5.41, 5.74) is 3.31. The van der Waals surface area contributed by atoms with Gasteiger partial charge in [0, 0.05) is 49.5 Å². The molecule has 4 rings (SSSR count). The number of carbonyl (C=O) groups is 2. The molecular formula is C20H26ClF3N3O3U-. The molecule has 31 heavy (non-hydrogen) atoms. The Bertz CT molecular complexity index is 776. The van der Waals surface area contributed by atoms with Crippen LogP contribution in [0, 0.1) is 48.2 Å². The van der Waals surface area contributed by atoms with Crippen LogP contribution in [0.1, 0.15) is 56.6 Å². The van der Waals surface area contributed by atoms with Crippen LogP contribution in [0.4, 0.5) is 18.0 Å². The number of urea groups is 1. The largest absolute Gasteiger partial charge is 0.680 e. The molecule has 1 aliphatic heterocycles. The molecule has 1 heterocycles. The number of alkyl halides is 1. The predicted molar refractivity (Wildman–Crippen MR) is 107 cm³/mol. The fourth-order valence-electron chi connectivity index (χ4n) is 4.33. The maximum Gasteiger partial charge on any atom is 0.321 e. The molecule has 0 spiro atoms. The third kappa shape index (κ3) is 6.61. The van der Waals surface area contributed by atoms with E-state index in [2.05, 4.69) is 10.6 Å². The van der Waals surface area contributed by atoms with Crippen molar-refractivity contribution >= 4 is 23.5 Å². The number of aliphatic hydroxyl groups excluding tert-OH is 1. The number of benzene rings is 1. The molecule has 4 N–H and O–H groups in total. The van der Waals surface area contributed by atoms with Gasteiger partial charge in [-0.3, -0.25) is 10.1 Å². The Morgan fingerprint density at radius 2 is 1.77 bits per heavy atom. The number of hydrogen-bond donors (Lipinski definition) is 3. The number of imide groups is 1. The summed E-state index contributed by atoms with van der Waals surface area (Å²) in [5, 5.41) is 14.8. The van der Waals surface area contributed by atoms with E-state index >= 15 is 0 Å². The molecule has 1 aromatic carbocycles. The molecule has 1 atom stereocenters. The monoisotopic (exact) mass is 686 g/mol. The van der Waals surface area contributed by atoms with Crippen molar-refractivity contribution in [2.24, 2.45) is 5.41 Å². The van der Waals surface area contributed by atoms with Gasteiger partial charge < -0.3 is 16.2 Å². The Morgan fingerprint density at radius 3 is 2.32 bits per heavy atom. The van der Waals surface area contributed by atoms with E-state index in [9.17, 15) is 27.9 Å². The van der Waals surface area contributed by atoms with Gasteiger partial charge >= 0.3 is 6.03 Å². The SMILES string of the molecule is C[NH-].O=C1CCCNC(=O)N1.OC(c1c(F)ccc(Cl)c1F)C12CCC(F)(CC1)C2.[U]. The van der Waals surface area contributed by atoms with Crippen molar-refractivity contribution in [1.82, 2.24) is 10.6 Å². The Morgan fingerprint density at radius 1 is 1.16 bits per heavy atom. The predicted octanol–water partition coefficient (Wildman–Crippen LogP) is 4.60. The fourth-order valence-corrected chi connectivity index (χ4v) is 4.50. The molecule has 3 fully saturated rings. The van der Waals surface area contributed by atoms with Crippen LogP contribution in [0.5, 0.6) is 0 Å². The number of fused-ring (bicyclic) bond motifs is 2. The summed E-state index contributed by atoms with van der Waals surface area (Å²) in [6.07, 6.45) is 1.63. The van der Waals surface area contributed by atoms with Crippen molar-refractivity contribution < 1.29 is 59.0 Å². The van der Waals surface area contributed by atoms with Crippen LogP contribution in [-0.4, -0.2) is 36.3 Å². The molecule has 172 valence electrons. The van der Waals surface area contributed by atoms with Gasteiger partial charge in [0.15, 0.2) is 5.82 Å². The zero-order valence-electron chi connectivity index (χ0n) is 17.2. The summed E-state index contributed by atoms with van der Waals surface area (Å²) in [4.78, 5) is 21.0. The third-order valence-corrected chi connectivity index (χ3v) is 6.15. The molecule has 0 aromatic heterocycles. The molecule has 0 radical (unpaired) electrons. The van der Waals surface area contributed by atoms with Crippen molar-refractivity contribution in [3.05, 3.63) is 40.1 Å². The van der Waals surface area contributed by atoms with E-state index < -0.39 is 34.4 Å². The minimum absolute atomic E-state index is 0. The van der Waals surface area contributed by atoms with E-state index in [-0.39, 0.29) is 54.5 Å². The van der Waals surface area contributed by atoms with E-state index in [0.717, 1.165) is 18.6 Å². The quantitative estimate of drug-likeness (QED) is 0.397. The van der Waals surface area contributed by atoms with Gasteiger partial charge in [0.05, 0.1) is 16.7 Å². The topological polar surface area (TPSA) is 102 Å². The van der Waals surface area contributed by atoms with Gasteiger partial charge in [-0.2, -0.15) is 7.05 Å². The zero-order chi connectivity index (χ0) is 22.5. The standard InChI is InChI=1S/C14H14ClF3O.C5H8N2O2.CH4N.U/c15-8-1-2-9(16)10(11(8)17)12(19)13-3-5-14(18,7-13)6-4-13;8-4-2-1-3-6-5(9)7-4;1-2;/h1-2,12,19H,3-7H2;1-3H2,(H2,6,7,8,9);2H,1H3;/q;;-1;. The Kier molecular flexibility index (Phi) is 10.8. The normalized spacial score (nSPS) is 27.3. The van der Waals surface area contributed by atoms with Crippen LogP contribution < -0.4 is 10.6 Å². The number of amides is 3. The second-order valence-corrected chi connectivity index (χ2v) is 8.16. The van der Waals surface area contributed by atoms with Gasteiger partial charge in [0.1, 0.15) is 11.5 Å². The maximum absolute atomic E-state index is 14.2. The molecule has 1 unspecified atom stereocenters. The Balaban J connectivity index is 0.000000340. The van der Waals surface area contributed by atoms with Gasteiger partial charge in [0.25, 0.3) is 0 Å². The summed E-state index contributed by atoms with van der Waals surface area (Å²) >= 11 is 5.64. The number of nitrogens with one attached hydrogen (secondary N) is 3. The first-order valence-electron chi connectivity index (χ1n) is 9.74. The van der Waals surface area contributed by atoms with Crippen LogP contribution in [0.2, 0.25) is 5.02 Å². The second kappa shape index (κ2) is 11.9. The van der Waals surface area contributed by atoms with Gasteiger partial charge in [0.2, 0.25) is 5.91 Å². The van der Waals surface area contributed by atoms with Crippen LogP contribution in [0.25, 0.3) is 5.73 Å². The van der Waals surface area contributed by atoms with E-state index in [1.807, 2.05) is 0 Å². The molecule has 6 nitrogen and oxygen atoms in total. The van der Waals surface area contributed by atoms with Crippen molar-refractivity contribution in [2.75, 3.05) is 13.6 Å². The smallest absolute Gasteiger partial charge is 0.321 e. The number of rotatable bonds is 2. The van der Waals surface area contributed by atoms with E-state index in [1.165, 1.54) is 7.05 Å². The summed E-state index contributed by atoms with van der Waals surface area (Å²) in [6.45, 7) is 0.595. The molecule has 1 aromatic rings. The summed E-state index contributed by atoms with van der Waals surface area (Å²) in [5.74, 6) is -1.95. The fraction of sp³-hybridized carbons (Fsp3) is 0.600. The summed E-state index contributed by atoms with van der Waals surface area (Å²) in [7, 11) is 1.25. The van der Waals surface area contributed by atoms with Crippen molar-refractivity contribution in [3.63, 3.8) is 0 Å².